The molecule has 104 valence electrons. The molecule has 4 nitrogen and oxygen atoms in total. The Labute approximate surface area is 126 Å². The normalized spacial score (nSPS) is 10.3. The van der Waals surface area contributed by atoms with Gasteiger partial charge in [0.15, 0.2) is 0 Å². The van der Waals surface area contributed by atoms with E-state index in [1.807, 2.05) is 25.2 Å². The molecule has 1 N–H and O–H groups in total. The van der Waals surface area contributed by atoms with Crippen molar-refractivity contribution in [3.63, 3.8) is 0 Å². The van der Waals surface area contributed by atoms with Gasteiger partial charge in [0.05, 0.1) is 11.3 Å². The molecule has 5 heteroatoms. The monoisotopic (exact) mass is 334 g/mol. The van der Waals surface area contributed by atoms with Gasteiger partial charge in [-0.3, -0.25) is 4.98 Å². The molecule has 0 saturated carbocycles. The van der Waals surface area contributed by atoms with Crippen LogP contribution in [-0.4, -0.2) is 29.7 Å². The van der Waals surface area contributed by atoms with E-state index in [0.717, 1.165) is 23.1 Å². The van der Waals surface area contributed by atoms with E-state index in [2.05, 4.69) is 25.8 Å². The lowest BCUT2D eigenvalue weighted by atomic mass is 10.1. The van der Waals surface area contributed by atoms with Gasteiger partial charge in [-0.05, 0) is 58.2 Å². The summed E-state index contributed by atoms with van der Waals surface area (Å²) in [6.45, 7) is 0.842. The summed E-state index contributed by atoms with van der Waals surface area (Å²) in [6.07, 6.45) is 4.48. The molecule has 20 heavy (non-hydrogen) atoms. The van der Waals surface area contributed by atoms with Crippen molar-refractivity contribution in [1.29, 1.82) is 0 Å². The van der Waals surface area contributed by atoms with Crippen LogP contribution in [0.2, 0.25) is 0 Å². The molecule has 2 rings (SSSR count). The third-order valence-electron chi connectivity index (χ3n) is 3.09. The summed E-state index contributed by atoms with van der Waals surface area (Å²) >= 11 is 3.43. The first-order valence-electron chi connectivity index (χ1n) is 6.21. The number of carboxylic acids is 1. The number of carbonyl (C=O) groups is 1. The van der Waals surface area contributed by atoms with Gasteiger partial charge in [0.1, 0.15) is 0 Å². The van der Waals surface area contributed by atoms with Crippen LogP contribution in [0, 0.1) is 0 Å². The van der Waals surface area contributed by atoms with Gasteiger partial charge in [0.2, 0.25) is 0 Å². The van der Waals surface area contributed by atoms with Crippen molar-refractivity contribution < 1.29 is 9.90 Å². The van der Waals surface area contributed by atoms with Gasteiger partial charge in [-0.1, -0.05) is 0 Å². The van der Waals surface area contributed by atoms with Crippen molar-refractivity contribution in [1.82, 2.24) is 4.98 Å². The maximum absolute atomic E-state index is 10.9. The minimum absolute atomic E-state index is 0.281. The molecule has 0 aliphatic heterocycles. The minimum atomic E-state index is -0.920. The number of nitrogens with zero attached hydrogens (tertiary/aromatic N) is 2. The molecule has 0 saturated heterocycles. The molecular formula is C15H15BrN2O2. The SMILES string of the molecule is CN(CCc1ccncc1)c1ccc(C(=O)O)cc1Br. The number of halogens is 1. The zero-order valence-corrected chi connectivity index (χ0v) is 12.7. The van der Waals surface area contributed by atoms with E-state index in [4.69, 9.17) is 5.11 Å². The number of aromatic carboxylic acids is 1. The van der Waals surface area contributed by atoms with Crippen LogP contribution in [0.25, 0.3) is 0 Å². The topological polar surface area (TPSA) is 53.4 Å². The summed E-state index contributed by atoms with van der Waals surface area (Å²) in [6, 6.07) is 9.05. The largest absolute Gasteiger partial charge is 0.478 e. The molecule has 0 aliphatic rings. The Morgan fingerprint density at radius 3 is 2.60 bits per heavy atom. The summed E-state index contributed by atoms with van der Waals surface area (Å²) in [5.74, 6) is -0.920. The van der Waals surface area contributed by atoms with Gasteiger partial charge in [-0.25, -0.2) is 4.79 Å². The van der Waals surface area contributed by atoms with Crippen molar-refractivity contribution in [2.75, 3.05) is 18.5 Å². The van der Waals surface area contributed by atoms with Crippen molar-refractivity contribution in [3.8, 4) is 0 Å². The van der Waals surface area contributed by atoms with E-state index < -0.39 is 5.97 Å². The first-order valence-corrected chi connectivity index (χ1v) is 7.00. The fourth-order valence-corrected chi connectivity index (χ4v) is 2.60. The number of pyridine rings is 1. The average molecular weight is 335 g/mol. The molecule has 1 heterocycles. The number of hydrogen-bond acceptors (Lipinski definition) is 3. The Bertz CT molecular complexity index is 602. The highest BCUT2D eigenvalue weighted by Crippen LogP contribution is 2.26. The van der Waals surface area contributed by atoms with Gasteiger partial charge < -0.3 is 10.0 Å². The molecule has 2 aromatic rings. The van der Waals surface area contributed by atoms with Gasteiger partial charge >= 0.3 is 5.97 Å². The molecule has 0 fully saturated rings. The van der Waals surface area contributed by atoms with Gasteiger partial charge in [-0.15, -0.1) is 0 Å². The molecule has 1 aromatic carbocycles. The highest BCUT2D eigenvalue weighted by atomic mass is 79.9. The van der Waals surface area contributed by atoms with Crippen LogP contribution in [0.1, 0.15) is 15.9 Å². The quantitative estimate of drug-likeness (QED) is 0.912. The Balaban J connectivity index is 2.06. The molecule has 0 amide bonds. The number of aromatic nitrogens is 1. The number of carboxylic acid groups (broad SMARTS) is 1. The lowest BCUT2D eigenvalue weighted by Crippen LogP contribution is -2.20. The van der Waals surface area contributed by atoms with E-state index >= 15 is 0 Å². The number of likely N-dealkylation sites (N-methyl/N-ethyl adjacent to an activating group) is 1. The summed E-state index contributed by atoms with van der Waals surface area (Å²) < 4.78 is 0.787. The first-order chi connectivity index (χ1) is 9.58. The Morgan fingerprint density at radius 2 is 2.00 bits per heavy atom. The van der Waals surface area contributed by atoms with Gasteiger partial charge in [-0.2, -0.15) is 0 Å². The predicted octanol–water partition coefficient (Wildman–Crippen LogP) is 3.22. The zero-order valence-electron chi connectivity index (χ0n) is 11.1. The molecule has 0 atom stereocenters. The van der Waals surface area contributed by atoms with Crippen LogP contribution >= 0.6 is 15.9 Å². The zero-order chi connectivity index (χ0) is 14.5. The third-order valence-corrected chi connectivity index (χ3v) is 3.73. The van der Waals surface area contributed by atoms with Crippen LogP contribution in [0.15, 0.2) is 47.2 Å². The van der Waals surface area contributed by atoms with E-state index in [1.54, 1.807) is 24.5 Å². The number of rotatable bonds is 5. The van der Waals surface area contributed by atoms with E-state index in [1.165, 1.54) is 5.56 Å². The fraction of sp³-hybridized carbons (Fsp3) is 0.200. The van der Waals surface area contributed by atoms with Crippen molar-refractivity contribution >= 4 is 27.6 Å². The Kier molecular flexibility index (Phi) is 4.74. The minimum Gasteiger partial charge on any atom is -0.478 e. The second kappa shape index (κ2) is 6.52. The number of benzene rings is 1. The third kappa shape index (κ3) is 3.57. The summed E-state index contributed by atoms with van der Waals surface area (Å²) in [7, 11) is 1.99. The molecular weight excluding hydrogens is 320 g/mol. The molecule has 0 unspecified atom stereocenters. The lowest BCUT2D eigenvalue weighted by Gasteiger charge is -2.21. The molecule has 0 spiro atoms. The molecule has 0 radical (unpaired) electrons. The number of hydrogen-bond donors (Lipinski definition) is 1. The standard InChI is InChI=1S/C15H15BrN2O2/c1-18(9-6-11-4-7-17-8-5-11)14-3-2-12(15(19)20)10-13(14)16/h2-5,7-8,10H,6,9H2,1H3,(H,19,20). The fourth-order valence-electron chi connectivity index (χ4n) is 1.92. The highest BCUT2D eigenvalue weighted by Gasteiger charge is 2.09. The van der Waals surface area contributed by atoms with E-state index in [0.29, 0.717) is 0 Å². The van der Waals surface area contributed by atoms with Crippen LogP contribution in [0.3, 0.4) is 0 Å². The van der Waals surface area contributed by atoms with Gasteiger partial charge in [0.25, 0.3) is 0 Å². The second-order valence-electron chi connectivity index (χ2n) is 4.50. The van der Waals surface area contributed by atoms with Crippen molar-refractivity contribution in [2.24, 2.45) is 0 Å². The van der Waals surface area contributed by atoms with Crippen LogP contribution in [0.5, 0.6) is 0 Å². The van der Waals surface area contributed by atoms with E-state index in [9.17, 15) is 4.79 Å². The Morgan fingerprint density at radius 1 is 1.30 bits per heavy atom. The van der Waals surface area contributed by atoms with Crippen LogP contribution in [0.4, 0.5) is 5.69 Å². The average Bonchev–Trinajstić information content (AvgIpc) is 2.45. The smallest absolute Gasteiger partial charge is 0.335 e. The summed E-state index contributed by atoms with van der Waals surface area (Å²) in [5, 5.41) is 8.95. The summed E-state index contributed by atoms with van der Waals surface area (Å²) in [4.78, 5) is 17.0. The van der Waals surface area contributed by atoms with Gasteiger partial charge in [0, 0.05) is 30.5 Å². The Hall–Kier alpha value is -1.88. The first kappa shape index (κ1) is 14.5. The van der Waals surface area contributed by atoms with Crippen molar-refractivity contribution in [3.05, 3.63) is 58.3 Å². The second-order valence-corrected chi connectivity index (χ2v) is 5.35. The van der Waals surface area contributed by atoms with Crippen LogP contribution in [-0.2, 0) is 6.42 Å². The molecule has 0 aliphatic carbocycles. The maximum atomic E-state index is 10.9. The van der Waals surface area contributed by atoms with Crippen LogP contribution < -0.4 is 4.90 Å². The highest BCUT2D eigenvalue weighted by molar-refractivity contribution is 9.10. The summed E-state index contributed by atoms with van der Waals surface area (Å²) in [5.41, 5.74) is 2.48. The maximum Gasteiger partial charge on any atom is 0.335 e. The van der Waals surface area contributed by atoms with Crippen molar-refractivity contribution in [2.45, 2.75) is 6.42 Å². The molecule has 0 bridgehead atoms. The number of anilines is 1. The molecule has 1 aromatic heterocycles. The predicted molar refractivity (Wildman–Crippen MR) is 82.3 cm³/mol. The lowest BCUT2D eigenvalue weighted by molar-refractivity contribution is 0.0697. The van der Waals surface area contributed by atoms with E-state index in [-0.39, 0.29) is 5.56 Å².